The summed E-state index contributed by atoms with van der Waals surface area (Å²) in [4.78, 5) is 27.3. The summed E-state index contributed by atoms with van der Waals surface area (Å²) in [5.41, 5.74) is 0. The zero-order valence-electron chi connectivity index (χ0n) is 12.4. The van der Waals surface area contributed by atoms with Gasteiger partial charge in [0.05, 0.1) is 19.7 Å². The fraction of sp³-hybridized carbons (Fsp3) is 0.857. The molecule has 1 fully saturated rings. The van der Waals surface area contributed by atoms with Gasteiger partial charge < -0.3 is 9.64 Å². The molecule has 0 saturated carbocycles. The first-order valence-corrected chi connectivity index (χ1v) is 7.22. The van der Waals surface area contributed by atoms with Crippen LogP contribution in [-0.2, 0) is 14.3 Å². The van der Waals surface area contributed by atoms with E-state index < -0.39 is 0 Å². The van der Waals surface area contributed by atoms with Crippen LogP contribution in [0, 0.1) is 0 Å². The van der Waals surface area contributed by atoms with Gasteiger partial charge in [0, 0.05) is 12.6 Å². The van der Waals surface area contributed by atoms with E-state index in [1.54, 1.807) is 18.9 Å². The molecule has 0 aliphatic carbocycles. The molecule has 5 heteroatoms. The van der Waals surface area contributed by atoms with Gasteiger partial charge in [-0.05, 0) is 39.7 Å². The van der Waals surface area contributed by atoms with Gasteiger partial charge in [-0.1, -0.05) is 6.92 Å². The summed E-state index contributed by atoms with van der Waals surface area (Å²) >= 11 is 0. The Balaban J connectivity index is 2.42. The van der Waals surface area contributed by atoms with Crippen LogP contribution in [0.3, 0.4) is 0 Å². The van der Waals surface area contributed by atoms with Crippen LogP contribution in [0.4, 0.5) is 0 Å². The number of hydrogen-bond acceptors (Lipinski definition) is 4. The van der Waals surface area contributed by atoms with Crippen LogP contribution in [0.5, 0.6) is 0 Å². The normalized spacial score (nSPS) is 19.6. The van der Waals surface area contributed by atoms with Gasteiger partial charge in [-0.15, -0.1) is 0 Å². The second kappa shape index (κ2) is 8.15. The summed E-state index contributed by atoms with van der Waals surface area (Å²) in [6.45, 7) is 5.59. The molecule has 1 saturated heterocycles. The highest BCUT2D eigenvalue weighted by Crippen LogP contribution is 2.19. The molecule has 0 N–H and O–H groups in total. The molecule has 1 heterocycles. The summed E-state index contributed by atoms with van der Waals surface area (Å²) < 4.78 is 4.88. The Morgan fingerprint density at radius 3 is 2.63 bits per heavy atom. The summed E-state index contributed by atoms with van der Waals surface area (Å²) in [6, 6.07) is 0.372. The molecule has 1 amide bonds. The van der Waals surface area contributed by atoms with Gasteiger partial charge >= 0.3 is 5.97 Å². The van der Waals surface area contributed by atoms with Gasteiger partial charge in [-0.3, -0.25) is 14.5 Å². The van der Waals surface area contributed by atoms with Crippen molar-refractivity contribution >= 4 is 11.9 Å². The van der Waals surface area contributed by atoms with Crippen molar-refractivity contribution in [3.05, 3.63) is 0 Å². The minimum absolute atomic E-state index is 0.123. The third-order valence-electron chi connectivity index (χ3n) is 3.53. The van der Waals surface area contributed by atoms with Crippen LogP contribution < -0.4 is 0 Å². The molecule has 0 spiro atoms. The molecule has 19 heavy (non-hydrogen) atoms. The van der Waals surface area contributed by atoms with Gasteiger partial charge in [0.15, 0.2) is 0 Å². The first-order chi connectivity index (χ1) is 9.08. The third kappa shape index (κ3) is 5.19. The SMILES string of the molecule is CCOC(=O)CN(C)CC(=O)N1CCCCC1CC. The molecule has 5 nitrogen and oxygen atoms in total. The standard InChI is InChI=1S/C14H26N2O3/c1-4-12-8-6-7-9-16(12)13(17)10-15(3)11-14(18)19-5-2/h12H,4-11H2,1-3H3. The maximum atomic E-state index is 12.2. The minimum Gasteiger partial charge on any atom is -0.465 e. The highest BCUT2D eigenvalue weighted by atomic mass is 16.5. The maximum absolute atomic E-state index is 12.2. The van der Waals surface area contributed by atoms with E-state index >= 15 is 0 Å². The lowest BCUT2D eigenvalue weighted by molar-refractivity contribution is -0.145. The Morgan fingerprint density at radius 1 is 1.26 bits per heavy atom. The van der Waals surface area contributed by atoms with Crippen LogP contribution in [0.15, 0.2) is 0 Å². The minimum atomic E-state index is -0.275. The maximum Gasteiger partial charge on any atom is 0.320 e. The van der Waals surface area contributed by atoms with Crippen LogP contribution in [0.2, 0.25) is 0 Å². The average Bonchev–Trinajstić information content (AvgIpc) is 2.38. The lowest BCUT2D eigenvalue weighted by atomic mass is 10.00. The van der Waals surface area contributed by atoms with Crippen LogP contribution in [0.1, 0.15) is 39.5 Å². The summed E-state index contributed by atoms with van der Waals surface area (Å²) in [6.07, 6.45) is 4.40. The lowest BCUT2D eigenvalue weighted by Gasteiger charge is -2.36. The molecule has 1 atom stereocenters. The number of likely N-dealkylation sites (N-methyl/N-ethyl adjacent to an activating group) is 1. The Bertz CT molecular complexity index is 307. The zero-order chi connectivity index (χ0) is 14.3. The first-order valence-electron chi connectivity index (χ1n) is 7.22. The van der Waals surface area contributed by atoms with Gasteiger partial charge in [-0.2, -0.15) is 0 Å². The predicted molar refractivity (Wildman–Crippen MR) is 73.8 cm³/mol. The average molecular weight is 270 g/mol. The number of hydrogen-bond donors (Lipinski definition) is 0. The molecule has 110 valence electrons. The number of piperidine rings is 1. The van der Waals surface area contributed by atoms with Crippen molar-refractivity contribution in [2.75, 3.05) is 33.3 Å². The van der Waals surface area contributed by atoms with Gasteiger partial charge in [0.2, 0.25) is 5.91 Å². The monoisotopic (exact) mass is 270 g/mol. The number of ether oxygens (including phenoxy) is 1. The predicted octanol–water partition coefficient (Wildman–Crippen LogP) is 1.27. The first kappa shape index (κ1) is 16.0. The highest BCUT2D eigenvalue weighted by Gasteiger charge is 2.26. The van der Waals surface area contributed by atoms with Crippen molar-refractivity contribution in [2.45, 2.75) is 45.6 Å². The van der Waals surface area contributed by atoms with E-state index in [0.29, 0.717) is 12.6 Å². The molecule has 0 bridgehead atoms. The molecular formula is C14H26N2O3. The van der Waals surface area contributed by atoms with Gasteiger partial charge in [0.25, 0.3) is 0 Å². The van der Waals surface area contributed by atoms with Crippen molar-refractivity contribution in [3.8, 4) is 0 Å². The molecule has 0 aromatic heterocycles. The lowest BCUT2D eigenvalue weighted by Crippen LogP contribution is -2.47. The molecule has 0 radical (unpaired) electrons. The Hall–Kier alpha value is -1.10. The summed E-state index contributed by atoms with van der Waals surface area (Å²) in [5.74, 6) is -0.151. The van der Waals surface area contributed by atoms with Gasteiger partial charge in [-0.25, -0.2) is 0 Å². The largest absolute Gasteiger partial charge is 0.465 e. The number of amides is 1. The number of rotatable bonds is 6. The summed E-state index contributed by atoms with van der Waals surface area (Å²) in [5, 5.41) is 0. The third-order valence-corrected chi connectivity index (χ3v) is 3.53. The van der Waals surface area contributed by atoms with Crippen molar-refractivity contribution in [2.24, 2.45) is 0 Å². The number of carbonyl (C=O) groups excluding carboxylic acids is 2. The molecule has 1 rings (SSSR count). The second-order valence-electron chi connectivity index (χ2n) is 5.12. The van der Waals surface area contributed by atoms with Crippen LogP contribution >= 0.6 is 0 Å². The van der Waals surface area contributed by atoms with E-state index in [1.165, 1.54) is 6.42 Å². The van der Waals surface area contributed by atoms with Crippen molar-refractivity contribution < 1.29 is 14.3 Å². The van der Waals surface area contributed by atoms with Crippen LogP contribution in [0.25, 0.3) is 0 Å². The number of carbonyl (C=O) groups is 2. The van der Waals surface area contributed by atoms with Crippen molar-refractivity contribution in [3.63, 3.8) is 0 Å². The fourth-order valence-electron chi connectivity index (χ4n) is 2.56. The fourth-order valence-corrected chi connectivity index (χ4v) is 2.56. The second-order valence-corrected chi connectivity index (χ2v) is 5.12. The Labute approximate surface area is 115 Å². The molecule has 1 unspecified atom stereocenters. The number of likely N-dealkylation sites (tertiary alicyclic amines) is 1. The molecule has 1 aliphatic rings. The number of esters is 1. The van der Waals surface area contributed by atoms with E-state index in [0.717, 1.165) is 25.8 Å². The molecule has 1 aliphatic heterocycles. The molecule has 0 aromatic carbocycles. The van der Waals surface area contributed by atoms with E-state index in [2.05, 4.69) is 6.92 Å². The van der Waals surface area contributed by atoms with E-state index in [9.17, 15) is 9.59 Å². The van der Waals surface area contributed by atoms with Crippen molar-refractivity contribution in [1.29, 1.82) is 0 Å². The topological polar surface area (TPSA) is 49.9 Å². The molecular weight excluding hydrogens is 244 g/mol. The quantitative estimate of drug-likeness (QED) is 0.682. The zero-order valence-corrected chi connectivity index (χ0v) is 12.4. The van der Waals surface area contributed by atoms with E-state index in [-0.39, 0.29) is 25.0 Å². The Kier molecular flexibility index (Phi) is 6.84. The smallest absolute Gasteiger partial charge is 0.320 e. The van der Waals surface area contributed by atoms with E-state index in [1.807, 2.05) is 4.90 Å². The molecule has 0 aromatic rings. The van der Waals surface area contributed by atoms with Gasteiger partial charge in [0.1, 0.15) is 0 Å². The summed E-state index contributed by atoms with van der Waals surface area (Å²) in [7, 11) is 1.78. The number of nitrogens with zero attached hydrogens (tertiary/aromatic N) is 2. The van der Waals surface area contributed by atoms with E-state index in [4.69, 9.17) is 4.74 Å². The highest BCUT2D eigenvalue weighted by molar-refractivity contribution is 5.79. The Morgan fingerprint density at radius 2 is 2.00 bits per heavy atom. The van der Waals surface area contributed by atoms with Crippen LogP contribution in [-0.4, -0.2) is 61.0 Å². The van der Waals surface area contributed by atoms with Crippen molar-refractivity contribution in [1.82, 2.24) is 9.80 Å².